The molecule has 0 bridgehead atoms. The highest BCUT2D eigenvalue weighted by Crippen LogP contribution is 2.51. The van der Waals surface area contributed by atoms with Crippen LogP contribution in [0.5, 0.6) is 5.75 Å². The van der Waals surface area contributed by atoms with E-state index in [0.29, 0.717) is 11.3 Å². The van der Waals surface area contributed by atoms with Crippen LogP contribution in [0.3, 0.4) is 0 Å². The van der Waals surface area contributed by atoms with E-state index in [9.17, 15) is 23.1 Å². The van der Waals surface area contributed by atoms with E-state index in [0.717, 1.165) is 5.06 Å². The highest BCUT2D eigenvalue weighted by Gasteiger charge is 2.71. The Hall–Kier alpha value is -1.84. The molecule has 2 rings (SSSR count). The second-order valence-electron chi connectivity index (χ2n) is 5.28. The molecule has 1 aromatic rings. The number of benzene rings is 1. The van der Waals surface area contributed by atoms with Crippen molar-refractivity contribution < 1.29 is 37.4 Å². The largest absolute Gasteiger partial charge is 0.497 e. The van der Waals surface area contributed by atoms with E-state index in [1.54, 1.807) is 0 Å². The number of hydroxylamine groups is 2. The third-order valence-electron chi connectivity index (χ3n) is 3.82. The predicted octanol–water partition coefficient (Wildman–Crippen LogP) is 2.04. The van der Waals surface area contributed by atoms with Crippen LogP contribution >= 0.6 is 0 Å². The highest BCUT2D eigenvalue weighted by molar-refractivity contribution is 5.75. The Bertz CT molecular complexity index is 592. The number of nitrogens with zero attached hydrogens (tertiary/aromatic N) is 1. The lowest BCUT2D eigenvalue weighted by Gasteiger charge is -2.29. The number of esters is 1. The molecule has 1 heterocycles. The molecule has 1 aromatic carbocycles. The van der Waals surface area contributed by atoms with Crippen LogP contribution in [0.25, 0.3) is 0 Å². The summed E-state index contributed by atoms with van der Waals surface area (Å²) in [6.07, 6.45) is -5.18. The maximum Gasteiger partial charge on any atom is 0.445 e. The summed E-state index contributed by atoms with van der Waals surface area (Å²) in [6, 6.07) is 4.89. The number of methoxy groups -OCH3 is 1. The zero-order valence-electron chi connectivity index (χ0n) is 13.3. The number of hydrogen-bond acceptors (Lipinski definition) is 6. The van der Waals surface area contributed by atoms with Crippen molar-refractivity contribution in [1.82, 2.24) is 5.06 Å². The summed E-state index contributed by atoms with van der Waals surface area (Å²) in [5.74, 6) is -6.35. The molecule has 3 atom stereocenters. The summed E-state index contributed by atoms with van der Waals surface area (Å²) in [6.45, 7) is 1.34. The molecular formula is C15H18F3NO5. The quantitative estimate of drug-likeness (QED) is 0.839. The Morgan fingerprint density at radius 2 is 1.96 bits per heavy atom. The van der Waals surface area contributed by atoms with Crippen molar-refractivity contribution in [2.24, 2.45) is 5.92 Å². The van der Waals surface area contributed by atoms with Gasteiger partial charge in [-0.1, -0.05) is 12.1 Å². The minimum atomic E-state index is -5.18. The van der Waals surface area contributed by atoms with Crippen molar-refractivity contribution in [2.45, 2.75) is 24.9 Å². The fraction of sp³-hybridized carbons (Fsp3) is 0.533. The molecule has 9 heteroatoms. The van der Waals surface area contributed by atoms with Crippen LogP contribution in [-0.2, 0) is 14.4 Å². The molecule has 0 aliphatic carbocycles. The van der Waals surface area contributed by atoms with Gasteiger partial charge in [-0.2, -0.15) is 18.2 Å². The number of alkyl halides is 3. The maximum absolute atomic E-state index is 13.3. The van der Waals surface area contributed by atoms with Gasteiger partial charge in [-0.05, 0) is 24.6 Å². The first-order valence-electron chi connectivity index (χ1n) is 7.17. The van der Waals surface area contributed by atoms with Crippen LogP contribution in [0.1, 0.15) is 18.5 Å². The minimum absolute atomic E-state index is 0.123. The number of aliphatic hydroxyl groups is 1. The van der Waals surface area contributed by atoms with Gasteiger partial charge in [-0.3, -0.25) is 9.63 Å². The molecule has 1 aliphatic rings. The zero-order chi connectivity index (χ0) is 18.1. The molecule has 0 aromatic heterocycles. The number of carbonyl (C=O) groups excluding carboxylic acids is 1. The lowest BCUT2D eigenvalue weighted by atomic mass is 9.87. The molecule has 1 aliphatic heterocycles. The molecule has 0 spiro atoms. The van der Waals surface area contributed by atoms with Gasteiger partial charge in [-0.25, -0.2) is 0 Å². The summed E-state index contributed by atoms with van der Waals surface area (Å²) < 4.78 is 49.8. The summed E-state index contributed by atoms with van der Waals surface area (Å²) >= 11 is 0. The molecule has 6 nitrogen and oxygen atoms in total. The molecule has 0 radical (unpaired) electrons. The zero-order valence-corrected chi connectivity index (χ0v) is 13.3. The maximum atomic E-state index is 13.3. The second-order valence-corrected chi connectivity index (χ2v) is 5.28. The lowest BCUT2D eigenvalue weighted by Crippen LogP contribution is -2.53. The van der Waals surface area contributed by atoms with E-state index in [2.05, 4.69) is 4.84 Å². The molecule has 1 fully saturated rings. The molecule has 24 heavy (non-hydrogen) atoms. The number of hydrogen-bond donors (Lipinski definition) is 1. The minimum Gasteiger partial charge on any atom is -0.497 e. The van der Waals surface area contributed by atoms with Gasteiger partial charge in [0.2, 0.25) is 0 Å². The van der Waals surface area contributed by atoms with E-state index >= 15 is 0 Å². The standard InChI is InChI=1S/C15H18F3NO5/c1-4-23-13(20)11-12(9-5-7-10(22-3)8-6-9)19(2)24-14(11,21)15(16,17)18/h5-8,11-12,21H,4H2,1-3H3/t11-,12-,14-/m1/s1. The van der Waals surface area contributed by atoms with Gasteiger partial charge in [0.1, 0.15) is 11.7 Å². The van der Waals surface area contributed by atoms with Gasteiger partial charge in [-0.15, -0.1) is 0 Å². The fourth-order valence-electron chi connectivity index (χ4n) is 2.71. The Morgan fingerprint density at radius 1 is 1.38 bits per heavy atom. The van der Waals surface area contributed by atoms with Crippen molar-refractivity contribution in [1.29, 1.82) is 0 Å². The molecular weight excluding hydrogens is 331 g/mol. The average Bonchev–Trinajstić information content (AvgIpc) is 2.79. The molecule has 0 amide bonds. The Labute approximate surface area is 136 Å². The predicted molar refractivity (Wildman–Crippen MR) is 75.7 cm³/mol. The summed E-state index contributed by atoms with van der Waals surface area (Å²) in [7, 11) is 2.66. The van der Waals surface area contributed by atoms with Gasteiger partial charge in [0.05, 0.1) is 19.8 Å². The van der Waals surface area contributed by atoms with Crippen molar-refractivity contribution >= 4 is 5.97 Å². The topological polar surface area (TPSA) is 68.2 Å². The van der Waals surface area contributed by atoms with Crippen molar-refractivity contribution in [3.05, 3.63) is 29.8 Å². The number of halogens is 3. The molecule has 0 saturated carbocycles. The van der Waals surface area contributed by atoms with Crippen LogP contribution < -0.4 is 4.74 Å². The number of ether oxygens (including phenoxy) is 2. The van der Waals surface area contributed by atoms with Gasteiger partial charge in [0, 0.05) is 7.05 Å². The van der Waals surface area contributed by atoms with Crippen LogP contribution in [-0.4, -0.2) is 48.9 Å². The Kier molecular flexibility index (Phi) is 5.07. The molecule has 134 valence electrons. The van der Waals surface area contributed by atoms with E-state index in [4.69, 9.17) is 9.47 Å². The Morgan fingerprint density at radius 3 is 2.42 bits per heavy atom. The first-order valence-corrected chi connectivity index (χ1v) is 7.17. The van der Waals surface area contributed by atoms with Gasteiger partial charge in [0.25, 0.3) is 5.79 Å². The van der Waals surface area contributed by atoms with Crippen molar-refractivity contribution in [3.63, 3.8) is 0 Å². The molecule has 0 unspecified atom stereocenters. The third kappa shape index (κ3) is 3.06. The SMILES string of the molecule is CCOC(=O)[C@H]1[C@@H](c2ccc(OC)cc2)N(C)O[C@@]1(O)C(F)(F)F. The first-order chi connectivity index (χ1) is 11.2. The van der Waals surface area contributed by atoms with Gasteiger partial charge in [0.15, 0.2) is 0 Å². The summed E-state index contributed by atoms with van der Waals surface area (Å²) in [5.41, 5.74) is 0.344. The van der Waals surface area contributed by atoms with E-state index in [1.807, 2.05) is 0 Å². The average molecular weight is 349 g/mol. The summed E-state index contributed by atoms with van der Waals surface area (Å²) in [5, 5.41) is 10.9. The van der Waals surface area contributed by atoms with Crippen molar-refractivity contribution in [2.75, 3.05) is 20.8 Å². The second kappa shape index (κ2) is 6.58. The number of rotatable bonds is 4. The Balaban J connectivity index is 2.48. The number of carbonyl (C=O) groups is 1. The molecule has 1 N–H and O–H groups in total. The monoisotopic (exact) mass is 349 g/mol. The lowest BCUT2D eigenvalue weighted by molar-refractivity contribution is -0.400. The van der Waals surface area contributed by atoms with E-state index < -0.39 is 29.9 Å². The van der Waals surface area contributed by atoms with Gasteiger partial charge < -0.3 is 14.6 Å². The highest BCUT2D eigenvalue weighted by atomic mass is 19.4. The van der Waals surface area contributed by atoms with Crippen LogP contribution in [0.4, 0.5) is 13.2 Å². The van der Waals surface area contributed by atoms with Crippen LogP contribution in [0.2, 0.25) is 0 Å². The fourth-order valence-corrected chi connectivity index (χ4v) is 2.71. The third-order valence-corrected chi connectivity index (χ3v) is 3.82. The van der Waals surface area contributed by atoms with E-state index in [-0.39, 0.29) is 6.61 Å². The van der Waals surface area contributed by atoms with Gasteiger partial charge >= 0.3 is 12.1 Å². The van der Waals surface area contributed by atoms with Crippen LogP contribution in [0, 0.1) is 5.92 Å². The molecule has 1 saturated heterocycles. The van der Waals surface area contributed by atoms with Crippen LogP contribution in [0.15, 0.2) is 24.3 Å². The first kappa shape index (κ1) is 18.5. The smallest absolute Gasteiger partial charge is 0.445 e. The van der Waals surface area contributed by atoms with Crippen molar-refractivity contribution in [3.8, 4) is 5.75 Å². The van der Waals surface area contributed by atoms with E-state index in [1.165, 1.54) is 45.3 Å². The normalized spacial score (nSPS) is 28.0. The summed E-state index contributed by atoms with van der Waals surface area (Å²) in [4.78, 5) is 16.8.